The molecule has 0 bridgehead atoms. The van der Waals surface area contributed by atoms with Gasteiger partial charge >= 0.3 is 0 Å². The van der Waals surface area contributed by atoms with E-state index in [0.717, 1.165) is 0 Å². The van der Waals surface area contributed by atoms with Crippen LogP contribution in [0.25, 0.3) is 6.08 Å². The zero-order valence-corrected chi connectivity index (χ0v) is 8.84. The van der Waals surface area contributed by atoms with Gasteiger partial charge in [0.05, 0.1) is 5.00 Å². The Morgan fingerprint density at radius 1 is 1.38 bits per heavy atom. The predicted molar refractivity (Wildman–Crippen MR) is 60.6 cm³/mol. The molecule has 0 aromatic carbocycles. The summed E-state index contributed by atoms with van der Waals surface area (Å²) in [5.74, 6) is 0. The molecule has 0 spiro atoms. The fourth-order valence-corrected chi connectivity index (χ4v) is 3.24. The van der Waals surface area contributed by atoms with Crippen LogP contribution in [0, 0.1) is 0 Å². The molecule has 2 rings (SSSR count). The molecule has 1 N–H and O–H groups in total. The van der Waals surface area contributed by atoms with Crippen LogP contribution in [-0.4, -0.2) is 7.05 Å². The van der Waals surface area contributed by atoms with E-state index in [1.807, 2.05) is 24.5 Å². The molecule has 1 aromatic rings. The lowest BCUT2D eigenvalue weighted by Crippen LogP contribution is -1.99. The van der Waals surface area contributed by atoms with Crippen LogP contribution in [0.3, 0.4) is 0 Å². The highest BCUT2D eigenvalue weighted by Gasteiger charge is 2.17. The Labute approximate surface area is 83.5 Å². The van der Waals surface area contributed by atoms with Crippen molar-refractivity contribution in [2.45, 2.75) is 25.7 Å². The lowest BCUT2D eigenvalue weighted by atomic mass is 9.95. The highest BCUT2D eigenvalue weighted by molar-refractivity contribution is 7.16. The van der Waals surface area contributed by atoms with Gasteiger partial charge in [-0.15, -0.1) is 11.3 Å². The van der Waals surface area contributed by atoms with Crippen molar-refractivity contribution in [3.05, 3.63) is 22.6 Å². The number of nitrogens with one attached hydrogen (secondary N) is 1. The Bertz CT molecular complexity index is 325. The third-order valence-electron chi connectivity index (χ3n) is 2.64. The summed E-state index contributed by atoms with van der Waals surface area (Å²) in [7, 11) is 1.99. The number of anilines is 1. The molecule has 0 radical (unpaired) electrons. The third kappa shape index (κ3) is 1.39. The van der Waals surface area contributed by atoms with E-state index in [-0.39, 0.29) is 0 Å². The van der Waals surface area contributed by atoms with Crippen LogP contribution in [0.2, 0.25) is 0 Å². The second-order valence-electron chi connectivity index (χ2n) is 3.41. The number of fused-ring (bicyclic) bond motifs is 1. The molecule has 13 heavy (non-hydrogen) atoms. The Balaban J connectivity index is 2.50. The second-order valence-corrected chi connectivity index (χ2v) is 4.51. The smallest absolute Gasteiger partial charge is 0.0959 e. The molecule has 2 heteroatoms. The van der Waals surface area contributed by atoms with Crippen molar-refractivity contribution in [3.63, 3.8) is 0 Å². The van der Waals surface area contributed by atoms with Crippen LogP contribution in [-0.2, 0) is 12.8 Å². The highest BCUT2D eigenvalue weighted by Crippen LogP contribution is 2.38. The fourth-order valence-electron chi connectivity index (χ4n) is 1.99. The van der Waals surface area contributed by atoms with Crippen molar-refractivity contribution >= 4 is 22.4 Å². The molecule has 0 unspecified atom stereocenters. The summed E-state index contributed by atoms with van der Waals surface area (Å²) in [6.45, 7) is 3.89. The number of rotatable bonds is 2. The van der Waals surface area contributed by atoms with Crippen molar-refractivity contribution in [2.24, 2.45) is 0 Å². The van der Waals surface area contributed by atoms with Gasteiger partial charge in [0.1, 0.15) is 0 Å². The number of hydrogen-bond donors (Lipinski definition) is 1. The monoisotopic (exact) mass is 193 g/mol. The van der Waals surface area contributed by atoms with Gasteiger partial charge in [-0.2, -0.15) is 0 Å². The molecule has 0 atom stereocenters. The molecule has 1 heterocycles. The van der Waals surface area contributed by atoms with Crippen LogP contribution in [0.5, 0.6) is 0 Å². The number of aryl methyl sites for hydroxylation is 1. The summed E-state index contributed by atoms with van der Waals surface area (Å²) >= 11 is 1.90. The van der Waals surface area contributed by atoms with Crippen LogP contribution in [0.4, 0.5) is 5.00 Å². The summed E-state index contributed by atoms with van der Waals surface area (Å²) in [6.07, 6.45) is 7.20. The molecule has 1 aliphatic carbocycles. The summed E-state index contributed by atoms with van der Waals surface area (Å²) < 4.78 is 0. The first kappa shape index (κ1) is 8.82. The predicted octanol–water partition coefficient (Wildman–Crippen LogP) is 3.31. The van der Waals surface area contributed by atoms with Gasteiger partial charge in [-0.25, -0.2) is 0 Å². The summed E-state index contributed by atoms with van der Waals surface area (Å²) in [4.78, 5) is 1.57. The average molecular weight is 193 g/mol. The van der Waals surface area contributed by atoms with Crippen molar-refractivity contribution in [3.8, 4) is 0 Å². The van der Waals surface area contributed by atoms with Crippen molar-refractivity contribution < 1.29 is 0 Å². The van der Waals surface area contributed by atoms with E-state index >= 15 is 0 Å². The minimum Gasteiger partial charge on any atom is -0.380 e. The van der Waals surface area contributed by atoms with Crippen LogP contribution in [0.1, 0.15) is 28.8 Å². The molecule has 1 nitrogen and oxygen atoms in total. The van der Waals surface area contributed by atoms with Gasteiger partial charge in [0, 0.05) is 17.5 Å². The highest BCUT2D eigenvalue weighted by atomic mass is 32.1. The van der Waals surface area contributed by atoms with Gasteiger partial charge in [-0.3, -0.25) is 0 Å². The normalized spacial score (nSPS) is 15.2. The first-order valence-electron chi connectivity index (χ1n) is 4.81. The maximum Gasteiger partial charge on any atom is 0.0959 e. The largest absolute Gasteiger partial charge is 0.380 e. The molecule has 0 aliphatic heterocycles. The summed E-state index contributed by atoms with van der Waals surface area (Å²) in [6, 6.07) is 0. The molecular weight excluding hydrogens is 178 g/mol. The zero-order chi connectivity index (χ0) is 9.26. The molecule has 70 valence electrons. The lowest BCUT2D eigenvalue weighted by molar-refractivity contribution is 0.696. The molecule has 0 amide bonds. The van der Waals surface area contributed by atoms with Crippen molar-refractivity contribution in [2.75, 3.05) is 12.4 Å². The maximum atomic E-state index is 3.89. The minimum absolute atomic E-state index is 1.24. The Hall–Kier alpha value is -0.760. The Kier molecular flexibility index (Phi) is 2.40. The average Bonchev–Trinajstić information content (AvgIpc) is 2.55. The van der Waals surface area contributed by atoms with Crippen LogP contribution >= 0.6 is 11.3 Å². The van der Waals surface area contributed by atoms with E-state index in [1.54, 1.807) is 10.4 Å². The molecule has 0 saturated heterocycles. The van der Waals surface area contributed by atoms with Gasteiger partial charge in [0.2, 0.25) is 0 Å². The fraction of sp³-hybridized carbons (Fsp3) is 0.455. The second kappa shape index (κ2) is 3.54. The number of thiophene rings is 1. The summed E-state index contributed by atoms with van der Waals surface area (Å²) in [5, 5.41) is 4.54. The molecule has 0 saturated carbocycles. The van der Waals surface area contributed by atoms with Crippen molar-refractivity contribution in [1.82, 2.24) is 0 Å². The van der Waals surface area contributed by atoms with E-state index in [4.69, 9.17) is 0 Å². The molecule has 1 aromatic heterocycles. The van der Waals surface area contributed by atoms with E-state index < -0.39 is 0 Å². The molecule has 0 fully saturated rings. The summed E-state index contributed by atoms with van der Waals surface area (Å²) in [5.41, 5.74) is 2.90. The van der Waals surface area contributed by atoms with Crippen LogP contribution < -0.4 is 5.32 Å². The Morgan fingerprint density at radius 2 is 2.15 bits per heavy atom. The standard InChI is InChI=1S/C11H15NS/c1-3-8-9-6-4-5-7-10(9)13-11(8)12-2/h3,12H,1,4-7H2,2H3. The van der Waals surface area contributed by atoms with E-state index in [9.17, 15) is 0 Å². The molecule has 1 aliphatic rings. The first-order chi connectivity index (χ1) is 6.36. The van der Waals surface area contributed by atoms with Crippen molar-refractivity contribution in [1.29, 1.82) is 0 Å². The molecular formula is C11H15NS. The minimum atomic E-state index is 1.24. The van der Waals surface area contributed by atoms with Gasteiger partial charge in [0.25, 0.3) is 0 Å². The van der Waals surface area contributed by atoms with Gasteiger partial charge in [-0.05, 0) is 31.2 Å². The van der Waals surface area contributed by atoms with Crippen LogP contribution in [0.15, 0.2) is 6.58 Å². The lowest BCUT2D eigenvalue weighted by Gasteiger charge is -2.10. The van der Waals surface area contributed by atoms with E-state index in [2.05, 4.69) is 11.9 Å². The van der Waals surface area contributed by atoms with E-state index in [0.29, 0.717) is 0 Å². The van der Waals surface area contributed by atoms with Gasteiger partial charge in [-0.1, -0.05) is 12.7 Å². The maximum absolute atomic E-state index is 3.89. The van der Waals surface area contributed by atoms with Gasteiger partial charge < -0.3 is 5.32 Å². The topological polar surface area (TPSA) is 12.0 Å². The van der Waals surface area contributed by atoms with Gasteiger partial charge in [0.15, 0.2) is 0 Å². The first-order valence-corrected chi connectivity index (χ1v) is 5.63. The zero-order valence-electron chi connectivity index (χ0n) is 8.02. The third-order valence-corrected chi connectivity index (χ3v) is 3.97. The van der Waals surface area contributed by atoms with E-state index in [1.165, 1.54) is 36.2 Å². The quantitative estimate of drug-likeness (QED) is 0.760. The SMILES string of the molecule is C=Cc1c(NC)sc2c1CCCC2. The Morgan fingerprint density at radius 3 is 2.85 bits per heavy atom. The number of hydrogen-bond acceptors (Lipinski definition) is 2.